The Balaban J connectivity index is 1.62. The molecule has 3 rings (SSSR count). The number of carbonyl (C=O) groups excluding carboxylic acids is 2. The molecule has 0 aromatic carbocycles. The molecule has 2 heterocycles. The summed E-state index contributed by atoms with van der Waals surface area (Å²) in [6.07, 6.45) is 2.59. The minimum atomic E-state index is -0.0219. The van der Waals surface area contributed by atoms with Crippen molar-refractivity contribution in [2.75, 3.05) is 6.54 Å². The van der Waals surface area contributed by atoms with Crippen LogP contribution in [0.15, 0.2) is 16.8 Å². The van der Waals surface area contributed by atoms with E-state index in [0.29, 0.717) is 19.0 Å². The van der Waals surface area contributed by atoms with E-state index in [-0.39, 0.29) is 22.4 Å². The Morgan fingerprint density at radius 1 is 1.50 bits per heavy atom. The Kier molecular flexibility index (Phi) is 4.03. The third-order valence-electron chi connectivity index (χ3n) is 3.60. The molecule has 108 valence electrons. The summed E-state index contributed by atoms with van der Waals surface area (Å²) in [5.41, 5.74) is 1.17. The zero-order valence-electron chi connectivity index (χ0n) is 11.4. The Labute approximate surface area is 126 Å². The molecule has 1 aromatic rings. The molecule has 1 aliphatic carbocycles. The largest absolute Gasteiger partial charge is 0.353 e. The number of amides is 2. The Morgan fingerprint density at radius 2 is 2.30 bits per heavy atom. The maximum Gasteiger partial charge on any atom is 0.236 e. The highest BCUT2D eigenvalue weighted by molar-refractivity contribution is 8.01. The lowest BCUT2D eigenvalue weighted by Gasteiger charge is -2.23. The summed E-state index contributed by atoms with van der Waals surface area (Å²) >= 11 is 3.31. The molecule has 1 saturated heterocycles. The fourth-order valence-corrected chi connectivity index (χ4v) is 4.39. The quantitative estimate of drug-likeness (QED) is 0.908. The summed E-state index contributed by atoms with van der Waals surface area (Å²) in [7, 11) is 0. The van der Waals surface area contributed by atoms with Gasteiger partial charge in [0.25, 0.3) is 0 Å². The van der Waals surface area contributed by atoms with Gasteiger partial charge in [0.2, 0.25) is 11.8 Å². The van der Waals surface area contributed by atoms with Gasteiger partial charge in [-0.15, -0.1) is 11.8 Å². The van der Waals surface area contributed by atoms with E-state index in [1.165, 1.54) is 5.56 Å². The van der Waals surface area contributed by atoms with Crippen LogP contribution in [0.3, 0.4) is 0 Å². The van der Waals surface area contributed by atoms with E-state index in [0.717, 1.165) is 12.8 Å². The number of hydrogen-bond donors (Lipinski definition) is 1. The van der Waals surface area contributed by atoms with Crippen molar-refractivity contribution in [2.45, 2.75) is 42.9 Å². The number of rotatable bonds is 5. The standard InChI is InChI=1S/C14H18N2O2S2/c1-9-13(18)16(6-4-12(17)15-11-2-3-11)14(20-9)10-5-7-19-8-10/h5,7-9,11,14H,2-4,6H2,1H3,(H,15,17). The molecular weight excluding hydrogens is 292 g/mol. The second-order valence-corrected chi connectivity index (χ2v) is 7.52. The minimum absolute atomic E-state index is 0.0219. The zero-order chi connectivity index (χ0) is 14.1. The lowest BCUT2D eigenvalue weighted by molar-refractivity contribution is -0.130. The van der Waals surface area contributed by atoms with Crippen LogP contribution in [0.1, 0.15) is 37.1 Å². The number of thiophene rings is 1. The van der Waals surface area contributed by atoms with Crippen molar-refractivity contribution in [1.82, 2.24) is 10.2 Å². The van der Waals surface area contributed by atoms with Gasteiger partial charge in [0.1, 0.15) is 5.37 Å². The smallest absolute Gasteiger partial charge is 0.236 e. The van der Waals surface area contributed by atoms with Gasteiger partial charge in [0.05, 0.1) is 5.25 Å². The number of nitrogens with one attached hydrogen (secondary N) is 1. The fraction of sp³-hybridized carbons (Fsp3) is 0.571. The molecular formula is C14H18N2O2S2. The van der Waals surface area contributed by atoms with Crippen molar-refractivity contribution in [3.8, 4) is 0 Å². The van der Waals surface area contributed by atoms with E-state index in [9.17, 15) is 9.59 Å². The third kappa shape index (κ3) is 3.01. The average molecular weight is 310 g/mol. The van der Waals surface area contributed by atoms with Gasteiger partial charge in [0, 0.05) is 19.0 Å². The van der Waals surface area contributed by atoms with Crippen molar-refractivity contribution >= 4 is 34.9 Å². The second kappa shape index (κ2) is 5.77. The van der Waals surface area contributed by atoms with E-state index in [1.807, 2.05) is 17.2 Å². The molecule has 2 atom stereocenters. The van der Waals surface area contributed by atoms with Gasteiger partial charge < -0.3 is 10.2 Å². The van der Waals surface area contributed by atoms with Crippen molar-refractivity contribution in [2.24, 2.45) is 0 Å². The second-order valence-electron chi connectivity index (χ2n) is 5.31. The lowest BCUT2D eigenvalue weighted by atomic mass is 10.2. The molecule has 0 radical (unpaired) electrons. The fourth-order valence-electron chi connectivity index (χ4n) is 2.33. The Morgan fingerprint density at radius 3 is 2.95 bits per heavy atom. The summed E-state index contributed by atoms with van der Waals surface area (Å²) < 4.78 is 0. The molecule has 2 aliphatic rings. The first-order chi connectivity index (χ1) is 9.65. The lowest BCUT2D eigenvalue weighted by Crippen LogP contribution is -2.35. The van der Waals surface area contributed by atoms with Gasteiger partial charge in [0.15, 0.2) is 0 Å². The van der Waals surface area contributed by atoms with E-state index < -0.39 is 0 Å². The molecule has 1 aromatic heterocycles. The van der Waals surface area contributed by atoms with E-state index in [1.54, 1.807) is 23.1 Å². The van der Waals surface area contributed by atoms with Gasteiger partial charge in [-0.1, -0.05) is 0 Å². The first-order valence-corrected chi connectivity index (χ1v) is 8.81. The molecule has 2 unspecified atom stereocenters. The van der Waals surface area contributed by atoms with Gasteiger partial charge in [-0.2, -0.15) is 11.3 Å². The van der Waals surface area contributed by atoms with Gasteiger partial charge >= 0.3 is 0 Å². The van der Waals surface area contributed by atoms with Crippen LogP contribution < -0.4 is 5.32 Å². The van der Waals surface area contributed by atoms with Crippen molar-refractivity contribution in [3.05, 3.63) is 22.4 Å². The van der Waals surface area contributed by atoms with Gasteiger partial charge in [-0.3, -0.25) is 9.59 Å². The normalized spacial score (nSPS) is 26.1. The number of hydrogen-bond acceptors (Lipinski definition) is 4. The first-order valence-electron chi connectivity index (χ1n) is 6.92. The third-order valence-corrected chi connectivity index (χ3v) is 5.69. The molecule has 2 amide bonds. The molecule has 6 heteroatoms. The van der Waals surface area contributed by atoms with Crippen LogP contribution in [0.2, 0.25) is 0 Å². The molecule has 4 nitrogen and oxygen atoms in total. The molecule has 0 bridgehead atoms. The topological polar surface area (TPSA) is 49.4 Å². The molecule has 0 spiro atoms. The van der Waals surface area contributed by atoms with Gasteiger partial charge in [-0.25, -0.2) is 0 Å². The van der Waals surface area contributed by atoms with E-state index in [4.69, 9.17) is 0 Å². The van der Waals surface area contributed by atoms with Crippen molar-refractivity contribution in [1.29, 1.82) is 0 Å². The predicted octanol–water partition coefficient (Wildman–Crippen LogP) is 2.38. The summed E-state index contributed by atoms with van der Waals surface area (Å²) in [4.78, 5) is 25.9. The average Bonchev–Trinajstić information content (AvgIpc) is 2.98. The van der Waals surface area contributed by atoms with E-state index >= 15 is 0 Å². The van der Waals surface area contributed by atoms with Crippen LogP contribution in [0.5, 0.6) is 0 Å². The summed E-state index contributed by atoms with van der Waals surface area (Å²) in [5, 5.41) is 7.13. The monoisotopic (exact) mass is 310 g/mol. The van der Waals surface area contributed by atoms with Crippen LogP contribution in [0.4, 0.5) is 0 Å². The predicted molar refractivity (Wildman–Crippen MR) is 81.6 cm³/mol. The summed E-state index contributed by atoms with van der Waals surface area (Å²) in [5.74, 6) is 0.208. The highest BCUT2D eigenvalue weighted by Gasteiger charge is 2.38. The van der Waals surface area contributed by atoms with E-state index in [2.05, 4.69) is 16.8 Å². The maximum atomic E-state index is 12.2. The van der Waals surface area contributed by atoms with Crippen molar-refractivity contribution < 1.29 is 9.59 Å². The maximum absolute atomic E-state index is 12.2. The Bertz CT molecular complexity index is 499. The minimum Gasteiger partial charge on any atom is -0.353 e. The highest BCUT2D eigenvalue weighted by atomic mass is 32.2. The van der Waals surface area contributed by atoms with Crippen molar-refractivity contribution in [3.63, 3.8) is 0 Å². The molecule has 1 N–H and O–H groups in total. The van der Waals surface area contributed by atoms with Crippen LogP contribution >= 0.6 is 23.1 Å². The highest BCUT2D eigenvalue weighted by Crippen LogP contribution is 2.43. The summed E-state index contributed by atoms with van der Waals surface area (Å²) in [6.45, 7) is 2.45. The number of thioether (sulfide) groups is 1. The molecule has 1 aliphatic heterocycles. The summed E-state index contributed by atoms with van der Waals surface area (Å²) in [6, 6.07) is 2.45. The van der Waals surface area contributed by atoms with Crippen LogP contribution in [-0.4, -0.2) is 34.6 Å². The molecule has 1 saturated carbocycles. The number of nitrogens with zero attached hydrogens (tertiary/aromatic N) is 1. The molecule has 20 heavy (non-hydrogen) atoms. The molecule has 2 fully saturated rings. The number of carbonyl (C=O) groups is 2. The van der Waals surface area contributed by atoms with Crippen LogP contribution in [0.25, 0.3) is 0 Å². The first kappa shape index (κ1) is 13.9. The van der Waals surface area contributed by atoms with Gasteiger partial charge in [-0.05, 0) is 42.2 Å². The zero-order valence-corrected chi connectivity index (χ0v) is 13.0. The SMILES string of the molecule is CC1SC(c2ccsc2)N(CCC(=O)NC2CC2)C1=O. The van der Waals surface area contributed by atoms with Crippen LogP contribution in [0, 0.1) is 0 Å². The Hall–Kier alpha value is -1.01. The van der Waals surface area contributed by atoms with Crippen LogP contribution in [-0.2, 0) is 9.59 Å².